The quantitative estimate of drug-likeness (QED) is 0.848. The smallest absolute Gasteiger partial charge is 0.223 e. The molecule has 0 unspecified atom stereocenters. The van der Waals surface area contributed by atoms with Gasteiger partial charge in [0.25, 0.3) is 0 Å². The minimum Gasteiger partial charge on any atom is -0.357 e. The Bertz CT molecular complexity index is 531. The minimum absolute atomic E-state index is 0.236. The van der Waals surface area contributed by atoms with Gasteiger partial charge in [-0.3, -0.25) is 0 Å². The fourth-order valence-electron chi connectivity index (χ4n) is 1.34. The number of hydrogen-bond acceptors (Lipinski definition) is 4. The number of benzene rings is 1. The Labute approximate surface area is 103 Å². The molecule has 2 rings (SSSR count). The maximum Gasteiger partial charge on any atom is 0.223 e. The van der Waals surface area contributed by atoms with E-state index in [1.54, 1.807) is 25.2 Å². The molecule has 0 aliphatic carbocycles. The summed E-state index contributed by atoms with van der Waals surface area (Å²) in [6.45, 7) is 1.88. The largest absolute Gasteiger partial charge is 0.357 e. The van der Waals surface area contributed by atoms with Crippen LogP contribution in [0.2, 0.25) is 0 Å². The number of nitrogens with one attached hydrogen (secondary N) is 1. The molecular formula is C12H12FN3S. The van der Waals surface area contributed by atoms with E-state index >= 15 is 0 Å². The SMILES string of the molecule is CNc1nc(C)cc(Sc2ccccc2F)n1. The van der Waals surface area contributed by atoms with Crippen molar-refractivity contribution >= 4 is 17.7 Å². The first kappa shape index (κ1) is 11.9. The van der Waals surface area contributed by atoms with Crippen LogP contribution >= 0.6 is 11.8 Å². The molecule has 5 heteroatoms. The lowest BCUT2D eigenvalue weighted by molar-refractivity contribution is 0.602. The molecule has 2 aromatic rings. The molecule has 1 N–H and O–H groups in total. The van der Waals surface area contributed by atoms with E-state index in [2.05, 4.69) is 15.3 Å². The van der Waals surface area contributed by atoms with E-state index < -0.39 is 0 Å². The average molecular weight is 249 g/mol. The molecule has 17 heavy (non-hydrogen) atoms. The summed E-state index contributed by atoms with van der Waals surface area (Å²) in [7, 11) is 1.76. The summed E-state index contributed by atoms with van der Waals surface area (Å²) < 4.78 is 13.5. The van der Waals surface area contributed by atoms with E-state index in [9.17, 15) is 4.39 Å². The van der Waals surface area contributed by atoms with Crippen molar-refractivity contribution in [2.24, 2.45) is 0 Å². The van der Waals surface area contributed by atoms with Crippen molar-refractivity contribution in [3.05, 3.63) is 41.8 Å². The van der Waals surface area contributed by atoms with Crippen molar-refractivity contribution in [2.45, 2.75) is 16.8 Å². The minimum atomic E-state index is -0.236. The Balaban J connectivity index is 2.30. The predicted molar refractivity (Wildman–Crippen MR) is 66.8 cm³/mol. The molecule has 1 aromatic carbocycles. The van der Waals surface area contributed by atoms with Crippen molar-refractivity contribution in [1.82, 2.24) is 9.97 Å². The number of halogens is 1. The van der Waals surface area contributed by atoms with Gasteiger partial charge >= 0.3 is 0 Å². The summed E-state index contributed by atoms with van der Waals surface area (Å²) in [5.41, 5.74) is 0.850. The zero-order valence-electron chi connectivity index (χ0n) is 9.57. The normalized spacial score (nSPS) is 10.3. The molecule has 0 saturated heterocycles. The van der Waals surface area contributed by atoms with E-state index in [-0.39, 0.29) is 5.82 Å². The molecule has 0 aliphatic rings. The van der Waals surface area contributed by atoms with Crippen molar-refractivity contribution in [2.75, 3.05) is 12.4 Å². The Morgan fingerprint density at radius 2 is 2.00 bits per heavy atom. The van der Waals surface area contributed by atoms with Gasteiger partial charge in [0.05, 0.1) is 0 Å². The van der Waals surface area contributed by atoms with Crippen LogP contribution in [-0.2, 0) is 0 Å². The number of nitrogens with zero attached hydrogens (tertiary/aromatic N) is 2. The van der Waals surface area contributed by atoms with Gasteiger partial charge in [-0.25, -0.2) is 14.4 Å². The summed E-state index contributed by atoms with van der Waals surface area (Å²) in [6, 6.07) is 8.48. The van der Waals surface area contributed by atoms with E-state index in [0.717, 1.165) is 10.7 Å². The zero-order valence-corrected chi connectivity index (χ0v) is 10.4. The molecule has 0 bridgehead atoms. The molecule has 0 radical (unpaired) electrons. The van der Waals surface area contributed by atoms with E-state index in [1.807, 2.05) is 13.0 Å². The maximum atomic E-state index is 13.5. The highest BCUT2D eigenvalue weighted by molar-refractivity contribution is 7.99. The van der Waals surface area contributed by atoms with Gasteiger partial charge in [0.15, 0.2) is 0 Å². The fourth-order valence-corrected chi connectivity index (χ4v) is 2.24. The molecule has 0 atom stereocenters. The van der Waals surface area contributed by atoms with Crippen molar-refractivity contribution in [1.29, 1.82) is 0 Å². The van der Waals surface area contributed by atoms with Crippen LogP contribution in [0.5, 0.6) is 0 Å². The predicted octanol–water partition coefficient (Wildman–Crippen LogP) is 3.12. The lowest BCUT2D eigenvalue weighted by Gasteiger charge is -2.05. The van der Waals surface area contributed by atoms with Crippen LogP contribution in [0.4, 0.5) is 10.3 Å². The number of anilines is 1. The molecule has 0 saturated carbocycles. The third kappa shape index (κ3) is 2.94. The molecule has 88 valence electrons. The summed E-state index contributed by atoms with van der Waals surface area (Å²) in [5, 5.41) is 3.61. The van der Waals surface area contributed by atoms with Gasteiger partial charge in [0, 0.05) is 17.6 Å². The third-order valence-corrected chi connectivity index (χ3v) is 3.07. The molecular weight excluding hydrogens is 237 g/mol. The molecule has 0 amide bonds. The summed E-state index contributed by atoms with van der Waals surface area (Å²) in [5.74, 6) is 0.309. The fraction of sp³-hybridized carbons (Fsp3) is 0.167. The first-order valence-electron chi connectivity index (χ1n) is 5.15. The van der Waals surface area contributed by atoms with Crippen LogP contribution in [0, 0.1) is 12.7 Å². The zero-order chi connectivity index (χ0) is 12.3. The van der Waals surface area contributed by atoms with Crippen molar-refractivity contribution in [3.63, 3.8) is 0 Å². The number of rotatable bonds is 3. The highest BCUT2D eigenvalue weighted by Crippen LogP contribution is 2.28. The van der Waals surface area contributed by atoms with E-state index in [0.29, 0.717) is 10.8 Å². The Morgan fingerprint density at radius 1 is 1.24 bits per heavy atom. The molecule has 0 spiro atoms. The highest BCUT2D eigenvalue weighted by atomic mass is 32.2. The van der Waals surface area contributed by atoms with Gasteiger partial charge in [0.1, 0.15) is 10.8 Å². The summed E-state index contributed by atoms with van der Waals surface area (Å²) in [6.07, 6.45) is 0. The lowest BCUT2D eigenvalue weighted by atomic mass is 10.3. The van der Waals surface area contributed by atoms with Crippen LogP contribution in [-0.4, -0.2) is 17.0 Å². The van der Waals surface area contributed by atoms with Crippen molar-refractivity contribution in [3.8, 4) is 0 Å². The first-order chi connectivity index (χ1) is 8.19. The second kappa shape index (κ2) is 5.14. The van der Waals surface area contributed by atoms with Gasteiger partial charge in [-0.05, 0) is 25.1 Å². The number of hydrogen-bond donors (Lipinski definition) is 1. The van der Waals surface area contributed by atoms with Crippen LogP contribution in [0.25, 0.3) is 0 Å². The Kier molecular flexibility index (Phi) is 3.58. The average Bonchev–Trinajstić information content (AvgIpc) is 2.31. The van der Waals surface area contributed by atoms with Crippen LogP contribution in [0.3, 0.4) is 0 Å². The van der Waals surface area contributed by atoms with Crippen LogP contribution < -0.4 is 5.32 Å². The van der Waals surface area contributed by atoms with E-state index in [1.165, 1.54) is 17.8 Å². The van der Waals surface area contributed by atoms with Crippen LogP contribution in [0.1, 0.15) is 5.69 Å². The molecule has 0 fully saturated rings. The Hall–Kier alpha value is -1.62. The standard InChI is InChI=1S/C12H12FN3S/c1-8-7-11(16-12(14-2)15-8)17-10-6-4-3-5-9(10)13/h3-7H,1-2H3,(H,14,15,16). The molecule has 1 heterocycles. The van der Waals surface area contributed by atoms with Crippen LogP contribution in [0.15, 0.2) is 40.3 Å². The summed E-state index contributed by atoms with van der Waals surface area (Å²) >= 11 is 1.29. The topological polar surface area (TPSA) is 37.8 Å². The number of aromatic nitrogens is 2. The van der Waals surface area contributed by atoms with E-state index in [4.69, 9.17) is 0 Å². The van der Waals surface area contributed by atoms with Gasteiger partial charge in [-0.15, -0.1) is 0 Å². The second-order valence-electron chi connectivity index (χ2n) is 3.45. The first-order valence-corrected chi connectivity index (χ1v) is 5.96. The molecule has 3 nitrogen and oxygen atoms in total. The number of aryl methyl sites for hydroxylation is 1. The lowest BCUT2D eigenvalue weighted by Crippen LogP contribution is -1.98. The van der Waals surface area contributed by atoms with Gasteiger partial charge in [-0.1, -0.05) is 23.9 Å². The van der Waals surface area contributed by atoms with Gasteiger partial charge in [-0.2, -0.15) is 0 Å². The van der Waals surface area contributed by atoms with Crippen molar-refractivity contribution < 1.29 is 4.39 Å². The molecule has 0 aliphatic heterocycles. The second-order valence-corrected chi connectivity index (χ2v) is 4.52. The molecule has 1 aromatic heterocycles. The Morgan fingerprint density at radius 3 is 2.71 bits per heavy atom. The van der Waals surface area contributed by atoms with Gasteiger partial charge < -0.3 is 5.32 Å². The van der Waals surface area contributed by atoms with Gasteiger partial charge in [0.2, 0.25) is 5.95 Å². The monoisotopic (exact) mass is 249 g/mol. The maximum absolute atomic E-state index is 13.5. The highest BCUT2D eigenvalue weighted by Gasteiger charge is 2.06. The summed E-state index contributed by atoms with van der Waals surface area (Å²) in [4.78, 5) is 9.01. The third-order valence-electron chi connectivity index (χ3n) is 2.11.